The van der Waals surface area contributed by atoms with Gasteiger partial charge in [-0.25, -0.2) is 4.79 Å². The minimum absolute atomic E-state index is 0.0532. The quantitative estimate of drug-likeness (QED) is 0.372. The van der Waals surface area contributed by atoms with Crippen LogP contribution in [0, 0.1) is 22.7 Å². The average molecular weight is 569 g/mol. The van der Waals surface area contributed by atoms with E-state index >= 15 is 0 Å². The van der Waals surface area contributed by atoms with Crippen molar-refractivity contribution in [2.45, 2.75) is 64.7 Å². The van der Waals surface area contributed by atoms with Crippen LogP contribution in [0.15, 0.2) is 42.5 Å². The number of fused-ring (bicyclic) bond motifs is 2. The molecule has 2 fully saturated rings. The summed E-state index contributed by atoms with van der Waals surface area (Å²) in [6.45, 7) is 4.42. The molecule has 6 unspecified atom stereocenters. The molecule has 2 amide bonds. The molecular weight excluding hydrogens is 528 g/mol. The summed E-state index contributed by atoms with van der Waals surface area (Å²) >= 11 is 0. The fraction of sp³-hybridized carbons (Fsp3) is 0.548. The van der Waals surface area contributed by atoms with Crippen molar-refractivity contribution in [3.05, 3.63) is 48.0 Å². The summed E-state index contributed by atoms with van der Waals surface area (Å²) in [7, 11) is 1.58. The number of aliphatic hydroxyl groups excluding tert-OH is 2. The van der Waals surface area contributed by atoms with Crippen molar-refractivity contribution < 1.29 is 38.7 Å². The zero-order valence-corrected chi connectivity index (χ0v) is 23.9. The van der Waals surface area contributed by atoms with E-state index in [9.17, 15) is 19.8 Å². The van der Waals surface area contributed by atoms with E-state index in [-0.39, 0.29) is 37.6 Å². The van der Waals surface area contributed by atoms with Crippen molar-refractivity contribution in [2.75, 3.05) is 25.8 Å². The molecule has 0 saturated heterocycles. The number of amides is 2. The summed E-state index contributed by atoms with van der Waals surface area (Å²) in [5, 5.41) is 27.5. The number of nitrogens with one attached hydrogen (secondary N) is 2. The molecule has 1 heterocycles. The molecule has 0 radical (unpaired) electrons. The average Bonchev–Trinajstić information content (AvgIpc) is 3.44. The van der Waals surface area contributed by atoms with Gasteiger partial charge in [0.25, 0.3) is 0 Å². The Bertz CT molecular complexity index is 1250. The summed E-state index contributed by atoms with van der Waals surface area (Å²) in [6, 6.07) is 12.5. The van der Waals surface area contributed by atoms with E-state index in [2.05, 4.69) is 17.6 Å². The molecule has 222 valence electrons. The maximum Gasteiger partial charge on any atom is 0.411 e. The van der Waals surface area contributed by atoms with Crippen LogP contribution < -0.4 is 24.8 Å². The fourth-order valence-corrected chi connectivity index (χ4v) is 7.25. The van der Waals surface area contributed by atoms with Gasteiger partial charge in [0.2, 0.25) is 12.7 Å². The summed E-state index contributed by atoms with van der Waals surface area (Å²) in [5.41, 5.74) is 0.326. The lowest BCUT2D eigenvalue weighted by Gasteiger charge is -2.60. The molecule has 0 aromatic heterocycles. The highest BCUT2D eigenvalue weighted by molar-refractivity contribution is 5.84. The Morgan fingerprint density at radius 2 is 1.80 bits per heavy atom. The monoisotopic (exact) mass is 568 g/mol. The summed E-state index contributed by atoms with van der Waals surface area (Å²) in [6.07, 6.45) is 0.797. The van der Waals surface area contributed by atoms with Gasteiger partial charge in [-0.2, -0.15) is 0 Å². The molecule has 10 heteroatoms. The predicted molar refractivity (Wildman–Crippen MR) is 151 cm³/mol. The Morgan fingerprint density at radius 1 is 1.05 bits per heavy atom. The number of aliphatic hydroxyl groups is 2. The first-order valence-electron chi connectivity index (χ1n) is 14.2. The maximum atomic E-state index is 13.1. The number of hydrogen-bond donors (Lipinski definition) is 4. The second-order valence-corrected chi connectivity index (χ2v) is 11.9. The SMILES string of the molecule is COc1ccc(NC(=O)OC2CCC3(C)C(CC(=O)NCc4ccc5c(c4)OCO5)C(O)CCC3C2(C)CO)cc1. The highest BCUT2D eigenvalue weighted by atomic mass is 16.7. The first-order valence-corrected chi connectivity index (χ1v) is 14.2. The Balaban J connectivity index is 1.24. The molecule has 2 aromatic rings. The van der Waals surface area contributed by atoms with Crippen LogP contribution in [0.5, 0.6) is 17.2 Å². The number of carbonyl (C=O) groups excluding carboxylic acids is 2. The zero-order chi connectivity index (χ0) is 29.2. The molecule has 5 rings (SSSR count). The second kappa shape index (κ2) is 11.8. The molecule has 2 aliphatic carbocycles. The largest absolute Gasteiger partial charge is 0.497 e. The lowest BCUT2D eigenvalue weighted by molar-refractivity contribution is -0.185. The number of anilines is 1. The van der Waals surface area contributed by atoms with E-state index in [1.54, 1.807) is 31.4 Å². The highest BCUT2D eigenvalue weighted by Crippen LogP contribution is 2.61. The van der Waals surface area contributed by atoms with Crippen LogP contribution in [-0.2, 0) is 16.1 Å². The van der Waals surface area contributed by atoms with Crippen LogP contribution in [0.2, 0.25) is 0 Å². The first kappa shape index (κ1) is 29.0. The molecule has 3 aliphatic rings. The van der Waals surface area contributed by atoms with E-state index in [1.807, 2.05) is 25.1 Å². The van der Waals surface area contributed by atoms with E-state index in [4.69, 9.17) is 18.9 Å². The van der Waals surface area contributed by atoms with Crippen molar-refractivity contribution >= 4 is 17.7 Å². The van der Waals surface area contributed by atoms with E-state index in [0.29, 0.717) is 55.2 Å². The number of rotatable bonds is 8. The molecule has 2 saturated carbocycles. The molecule has 2 aromatic carbocycles. The molecule has 4 N–H and O–H groups in total. The predicted octanol–water partition coefficient (Wildman–Crippen LogP) is 4.23. The molecule has 0 spiro atoms. The van der Waals surface area contributed by atoms with Crippen LogP contribution in [0.4, 0.5) is 10.5 Å². The lowest BCUT2D eigenvalue weighted by atomic mass is 9.46. The number of benzene rings is 2. The van der Waals surface area contributed by atoms with Crippen LogP contribution in [0.3, 0.4) is 0 Å². The number of methoxy groups -OCH3 is 1. The summed E-state index contributed by atoms with van der Waals surface area (Å²) in [5.74, 6) is 1.54. The van der Waals surface area contributed by atoms with Gasteiger partial charge in [-0.1, -0.05) is 19.9 Å². The Hall–Kier alpha value is -3.50. The minimum atomic E-state index is -0.731. The first-order chi connectivity index (χ1) is 19.7. The summed E-state index contributed by atoms with van der Waals surface area (Å²) in [4.78, 5) is 26.0. The Kier molecular flexibility index (Phi) is 8.33. The van der Waals surface area contributed by atoms with Gasteiger partial charge in [0.05, 0.1) is 19.8 Å². The van der Waals surface area contributed by atoms with Crippen LogP contribution in [0.1, 0.15) is 51.5 Å². The van der Waals surface area contributed by atoms with Crippen molar-refractivity contribution in [1.82, 2.24) is 5.32 Å². The third kappa shape index (κ3) is 5.81. The van der Waals surface area contributed by atoms with Crippen molar-refractivity contribution in [2.24, 2.45) is 22.7 Å². The normalized spacial score (nSPS) is 30.2. The van der Waals surface area contributed by atoms with E-state index < -0.39 is 29.1 Å². The standard InChI is InChI=1S/C31H40N2O8/c1-30-13-12-27(41-29(37)33-20-5-7-21(38-3)8-6-20)31(2,17-34)26(30)11-9-23(35)22(30)15-28(36)32-16-19-4-10-24-25(14-19)40-18-39-24/h4-8,10,14,22-23,26-27,34-35H,9,11-13,15-18H2,1-3H3,(H,32,36)(H,33,37). The highest BCUT2D eigenvalue weighted by Gasteiger charge is 2.60. The van der Waals surface area contributed by atoms with Crippen LogP contribution >= 0.6 is 0 Å². The molecule has 6 atom stereocenters. The fourth-order valence-electron chi connectivity index (χ4n) is 7.25. The Morgan fingerprint density at radius 3 is 2.54 bits per heavy atom. The molecule has 41 heavy (non-hydrogen) atoms. The maximum absolute atomic E-state index is 13.1. The lowest BCUT2D eigenvalue weighted by Crippen LogP contribution is -2.61. The van der Waals surface area contributed by atoms with Gasteiger partial charge in [0.1, 0.15) is 11.9 Å². The topological polar surface area (TPSA) is 136 Å². The van der Waals surface area contributed by atoms with Gasteiger partial charge in [-0.05, 0) is 84.9 Å². The third-order valence-corrected chi connectivity index (χ3v) is 9.59. The van der Waals surface area contributed by atoms with Gasteiger partial charge in [0.15, 0.2) is 11.5 Å². The molecule has 10 nitrogen and oxygen atoms in total. The van der Waals surface area contributed by atoms with Crippen molar-refractivity contribution in [1.29, 1.82) is 0 Å². The molecule has 0 bridgehead atoms. The molecule has 1 aliphatic heterocycles. The van der Waals surface area contributed by atoms with Gasteiger partial charge >= 0.3 is 6.09 Å². The van der Waals surface area contributed by atoms with Gasteiger partial charge in [0, 0.05) is 24.1 Å². The van der Waals surface area contributed by atoms with Crippen LogP contribution in [-0.4, -0.2) is 54.9 Å². The number of hydrogen-bond acceptors (Lipinski definition) is 8. The van der Waals surface area contributed by atoms with E-state index in [1.165, 1.54) is 0 Å². The number of carbonyl (C=O) groups is 2. The van der Waals surface area contributed by atoms with E-state index in [0.717, 1.165) is 5.56 Å². The second-order valence-electron chi connectivity index (χ2n) is 11.9. The van der Waals surface area contributed by atoms with Gasteiger partial charge in [-0.3, -0.25) is 10.1 Å². The van der Waals surface area contributed by atoms with Gasteiger partial charge < -0.3 is 34.5 Å². The van der Waals surface area contributed by atoms with Crippen molar-refractivity contribution in [3.63, 3.8) is 0 Å². The Labute approximate surface area is 240 Å². The van der Waals surface area contributed by atoms with Crippen LogP contribution in [0.25, 0.3) is 0 Å². The third-order valence-electron chi connectivity index (χ3n) is 9.59. The van der Waals surface area contributed by atoms with Gasteiger partial charge in [-0.15, -0.1) is 0 Å². The van der Waals surface area contributed by atoms with Crippen molar-refractivity contribution in [3.8, 4) is 17.2 Å². The smallest absolute Gasteiger partial charge is 0.411 e. The minimum Gasteiger partial charge on any atom is -0.497 e. The number of ether oxygens (including phenoxy) is 4. The summed E-state index contributed by atoms with van der Waals surface area (Å²) < 4.78 is 21.9. The zero-order valence-electron chi connectivity index (χ0n) is 23.9. The molecular formula is C31H40N2O8.